The molecule has 37 heavy (non-hydrogen) atoms. The summed E-state index contributed by atoms with van der Waals surface area (Å²) in [7, 11) is 2.87. The number of nitrogens with zero attached hydrogens (tertiary/aromatic N) is 1. The topological polar surface area (TPSA) is 69.2 Å². The van der Waals surface area contributed by atoms with Gasteiger partial charge in [0.25, 0.3) is 11.5 Å². The van der Waals surface area contributed by atoms with Gasteiger partial charge in [0, 0.05) is 37.3 Å². The highest BCUT2D eigenvalue weighted by molar-refractivity contribution is 6.35. The Kier molecular flexibility index (Phi) is 7.66. The zero-order chi connectivity index (χ0) is 27.0. The maximum atomic E-state index is 14.4. The van der Waals surface area contributed by atoms with Crippen LogP contribution in [0.15, 0.2) is 53.7 Å². The number of benzene rings is 3. The van der Waals surface area contributed by atoms with E-state index in [1.165, 1.54) is 26.4 Å². The lowest BCUT2D eigenvalue weighted by Gasteiger charge is -2.29. The van der Waals surface area contributed by atoms with Crippen molar-refractivity contribution in [1.82, 2.24) is 5.32 Å². The van der Waals surface area contributed by atoms with E-state index in [2.05, 4.69) is 10.5 Å². The summed E-state index contributed by atoms with van der Waals surface area (Å²) in [5, 5.41) is 6.30. The molecule has 4 rings (SSSR count). The van der Waals surface area contributed by atoms with Gasteiger partial charge >= 0.3 is 6.18 Å². The molecule has 1 unspecified atom stereocenters. The molecule has 0 aliphatic carbocycles. The number of hydrogen-bond acceptors (Lipinski definition) is 5. The number of ether oxygens (including phenoxy) is 2. The normalized spacial score (nSPS) is 17.7. The number of fused-ring (bicyclic) bond motifs is 1. The van der Waals surface area contributed by atoms with Crippen LogP contribution in [-0.4, -0.2) is 44.8 Å². The second-order valence-electron chi connectivity index (χ2n) is 8.20. The fourth-order valence-corrected chi connectivity index (χ4v) is 4.61. The maximum absolute atomic E-state index is 14.4. The number of rotatable bonds is 7. The third kappa shape index (κ3) is 4.98. The Hall–Kier alpha value is -2.92. The largest absolute Gasteiger partial charge is 0.435 e. The van der Waals surface area contributed by atoms with Crippen molar-refractivity contribution in [2.24, 2.45) is 5.16 Å². The average Bonchev–Trinajstić information content (AvgIpc) is 3.33. The molecule has 0 bridgehead atoms. The second kappa shape index (κ2) is 10.4. The van der Waals surface area contributed by atoms with Gasteiger partial charge in [0.1, 0.15) is 0 Å². The predicted molar refractivity (Wildman–Crippen MR) is 130 cm³/mol. The number of alkyl halides is 3. The van der Waals surface area contributed by atoms with Crippen LogP contribution in [0.25, 0.3) is 10.8 Å². The van der Waals surface area contributed by atoms with Gasteiger partial charge in [-0.25, -0.2) is 4.39 Å². The molecule has 12 heteroatoms. The maximum Gasteiger partial charge on any atom is 0.435 e. The third-order valence-corrected chi connectivity index (χ3v) is 6.62. The molecule has 3 aromatic rings. The summed E-state index contributed by atoms with van der Waals surface area (Å²) in [5.41, 5.74) is -2.80. The molecule has 1 N–H and O–H groups in total. The first-order valence-corrected chi connectivity index (χ1v) is 11.6. The monoisotopic (exact) mass is 558 g/mol. The van der Waals surface area contributed by atoms with Gasteiger partial charge in [-0.1, -0.05) is 58.7 Å². The van der Waals surface area contributed by atoms with Gasteiger partial charge in [-0.2, -0.15) is 13.2 Å². The minimum absolute atomic E-state index is 0.0177. The van der Waals surface area contributed by atoms with Gasteiger partial charge in [0.2, 0.25) is 0 Å². The number of halogens is 6. The Morgan fingerprint density at radius 3 is 2.32 bits per heavy atom. The summed E-state index contributed by atoms with van der Waals surface area (Å²) in [6.07, 6.45) is -6.32. The van der Waals surface area contributed by atoms with Crippen molar-refractivity contribution in [2.45, 2.75) is 24.5 Å². The van der Waals surface area contributed by atoms with E-state index in [1.807, 2.05) is 0 Å². The van der Waals surface area contributed by atoms with Crippen molar-refractivity contribution in [3.05, 3.63) is 81.1 Å². The molecule has 0 spiro atoms. The van der Waals surface area contributed by atoms with Crippen molar-refractivity contribution in [3.63, 3.8) is 0 Å². The minimum atomic E-state index is -4.95. The lowest BCUT2D eigenvalue weighted by Crippen LogP contribution is -2.42. The Labute approximate surface area is 219 Å². The fourth-order valence-electron chi connectivity index (χ4n) is 4.12. The summed E-state index contributed by atoms with van der Waals surface area (Å²) >= 11 is 11.6. The number of carbonyl (C=O) groups is 1. The first-order chi connectivity index (χ1) is 17.5. The molecule has 196 valence electrons. The summed E-state index contributed by atoms with van der Waals surface area (Å²) in [4.78, 5) is 17.9. The molecular formula is C25H20Cl2F4N2O4. The SMILES string of the molecule is COC(CNC(=O)c1ccc(C2=NOC(c3cc(Cl)c(F)c(Cl)c3)(C(F)(F)F)C2)c2ccccc12)OC. The number of oxime groups is 1. The Bertz CT molecular complexity index is 1360. The lowest BCUT2D eigenvalue weighted by molar-refractivity contribution is -0.275. The van der Waals surface area contributed by atoms with E-state index in [-0.39, 0.29) is 12.3 Å². The molecule has 1 atom stereocenters. The molecular weight excluding hydrogens is 539 g/mol. The van der Waals surface area contributed by atoms with Crippen LogP contribution in [0, 0.1) is 5.82 Å². The Balaban J connectivity index is 1.72. The van der Waals surface area contributed by atoms with Crippen LogP contribution in [-0.2, 0) is 19.9 Å². The van der Waals surface area contributed by atoms with Crippen molar-refractivity contribution in [2.75, 3.05) is 20.8 Å². The molecule has 0 aromatic heterocycles. The average molecular weight is 559 g/mol. The molecule has 1 amide bonds. The van der Waals surface area contributed by atoms with Gasteiger partial charge in [-0.05, 0) is 29.0 Å². The first-order valence-electron chi connectivity index (χ1n) is 10.8. The van der Waals surface area contributed by atoms with Gasteiger partial charge in [0.05, 0.1) is 22.3 Å². The zero-order valence-electron chi connectivity index (χ0n) is 19.5. The lowest BCUT2D eigenvalue weighted by atomic mass is 9.85. The van der Waals surface area contributed by atoms with Gasteiger partial charge in [-0.15, -0.1) is 0 Å². The van der Waals surface area contributed by atoms with Crippen LogP contribution >= 0.6 is 23.2 Å². The Morgan fingerprint density at radius 2 is 1.73 bits per heavy atom. The first kappa shape index (κ1) is 27.1. The van der Waals surface area contributed by atoms with Crippen molar-refractivity contribution in [3.8, 4) is 0 Å². The van der Waals surface area contributed by atoms with E-state index in [9.17, 15) is 22.4 Å². The van der Waals surface area contributed by atoms with Crippen LogP contribution < -0.4 is 5.32 Å². The van der Waals surface area contributed by atoms with E-state index < -0.39 is 51.8 Å². The molecule has 0 saturated heterocycles. The fraction of sp³-hybridized carbons (Fsp3) is 0.280. The summed E-state index contributed by atoms with van der Waals surface area (Å²) < 4.78 is 67.2. The van der Waals surface area contributed by atoms with E-state index >= 15 is 0 Å². The number of carbonyl (C=O) groups excluding carboxylic acids is 1. The molecule has 0 radical (unpaired) electrons. The van der Waals surface area contributed by atoms with Gasteiger partial charge in [-0.3, -0.25) is 4.79 Å². The van der Waals surface area contributed by atoms with Crippen LogP contribution in [0.2, 0.25) is 10.0 Å². The summed E-state index contributed by atoms with van der Waals surface area (Å²) in [6, 6.07) is 11.4. The van der Waals surface area contributed by atoms with E-state index in [0.717, 1.165) is 12.1 Å². The van der Waals surface area contributed by atoms with Gasteiger partial charge < -0.3 is 19.6 Å². The Morgan fingerprint density at radius 1 is 1.11 bits per heavy atom. The predicted octanol–water partition coefficient (Wildman–Crippen LogP) is 6.22. The molecule has 0 saturated carbocycles. The highest BCUT2D eigenvalue weighted by atomic mass is 35.5. The standard InChI is InChI=1S/C25H20Cl2F4N2O4/c1-35-21(36-2)12-32-23(34)17-8-7-16(14-5-3-4-6-15(14)17)20-11-24(37-33-20,25(29,30)31)13-9-18(26)22(28)19(27)10-13/h3-10,21H,11-12H2,1-2H3,(H,32,34). The zero-order valence-corrected chi connectivity index (χ0v) is 21.0. The van der Waals surface area contributed by atoms with Gasteiger partial charge in [0.15, 0.2) is 12.1 Å². The third-order valence-electron chi connectivity index (χ3n) is 6.07. The number of hydrogen-bond donors (Lipinski definition) is 1. The van der Waals surface area contributed by atoms with Crippen LogP contribution in [0.3, 0.4) is 0 Å². The quantitative estimate of drug-likeness (QED) is 0.212. The smallest absolute Gasteiger partial charge is 0.374 e. The molecule has 1 aliphatic rings. The minimum Gasteiger partial charge on any atom is -0.374 e. The number of methoxy groups -OCH3 is 2. The van der Waals surface area contributed by atoms with E-state index in [1.54, 1.807) is 24.3 Å². The molecule has 1 aliphatic heterocycles. The van der Waals surface area contributed by atoms with Crippen molar-refractivity contribution in [1.29, 1.82) is 0 Å². The molecule has 0 fully saturated rings. The van der Waals surface area contributed by atoms with E-state index in [4.69, 9.17) is 37.5 Å². The summed E-state index contributed by atoms with van der Waals surface area (Å²) in [6.45, 7) is 0.0827. The highest BCUT2D eigenvalue weighted by Gasteiger charge is 2.62. The van der Waals surface area contributed by atoms with Crippen LogP contribution in [0.4, 0.5) is 17.6 Å². The molecule has 1 heterocycles. The molecule has 6 nitrogen and oxygen atoms in total. The second-order valence-corrected chi connectivity index (χ2v) is 9.02. The summed E-state index contributed by atoms with van der Waals surface area (Å²) in [5.74, 6) is -1.46. The van der Waals surface area contributed by atoms with Crippen molar-refractivity contribution < 1.29 is 36.7 Å². The molecule has 3 aromatic carbocycles. The van der Waals surface area contributed by atoms with Crippen LogP contribution in [0.5, 0.6) is 0 Å². The number of nitrogens with one attached hydrogen (secondary N) is 1. The van der Waals surface area contributed by atoms with Crippen LogP contribution in [0.1, 0.15) is 27.9 Å². The number of amides is 1. The highest BCUT2D eigenvalue weighted by Crippen LogP contribution is 2.50. The van der Waals surface area contributed by atoms with Crippen molar-refractivity contribution >= 4 is 45.6 Å². The van der Waals surface area contributed by atoms with E-state index in [0.29, 0.717) is 21.9 Å².